The van der Waals surface area contributed by atoms with Crippen LogP contribution in [0.15, 0.2) is 24.3 Å². The topological polar surface area (TPSA) is 108 Å². The lowest BCUT2D eigenvalue weighted by molar-refractivity contribution is -0.130. The molecule has 9 nitrogen and oxygen atoms in total. The SMILES string of the molecule is CNC(=O)[C@@H]1CN(C(=O)CCN2C(=O)NC(C)(C)C2=O)c2ccccc2O1. The Morgan fingerprint density at radius 1 is 1.30 bits per heavy atom. The number of carbonyl (C=O) groups excluding carboxylic acids is 4. The summed E-state index contributed by atoms with van der Waals surface area (Å²) < 4.78 is 5.67. The number of ether oxygens (including phenoxy) is 1. The number of likely N-dealkylation sites (N-methyl/N-ethyl adjacent to an activating group) is 1. The zero-order chi connectivity index (χ0) is 19.8. The van der Waals surface area contributed by atoms with Gasteiger partial charge in [-0.2, -0.15) is 0 Å². The maximum Gasteiger partial charge on any atom is 0.325 e. The maximum absolute atomic E-state index is 12.8. The molecule has 144 valence electrons. The van der Waals surface area contributed by atoms with Gasteiger partial charge in [0.1, 0.15) is 11.3 Å². The molecular formula is C18H22N4O5. The molecule has 2 heterocycles. The molecule has 1 aromatic rings. The third-order valence-electron chi connectivity index (χ3n) is 4.61. The number of imide groups is 1. The van der Waals surface area contributed by atoms with Crippen LogP contribution in [0.5, 0.6) is 5.75 Å². The van der Waals surface area contributed by atoms with E-state index in [4.69, 9.17) is 4.74 Å². The van der Waals surface area contributed by atoms with Crippen molar-refractivity contribution < 1.29 is 23.9 Å². The van der Waals surface area contributed by atoms with Crippen LogP contribution in [0, 0.1) is 0 Å². The van der Waals surface area contributed by atoms with Crippen molar-refractivity contribution in [3.05, 3.63) is 24.3 Å². The molecule has 2 aliphatic heterocycles. The molecule has 0 unspecified atom stereocenters. The third kappa shape index (κ3) is 3.44. The van der Waals surface area contributed by atoms with Gasteiger partial charge in [-0.25, -0.2) is 4.79 Å². The average molecular weight is 374 g/mol. The molecule has 1 aromatic carbocycles. The highest BCUT2D eigenvalue weighted by molar-refractivity contribution is 6.07. The van der Waals surface area contributed by atoms with Gasteiger partial charge in [-0.3, -0.25) is 19.3 Å². The van der Waals surface area contributed by atoms with E-state index in [2.05, 4.69) is 10.6 Å². The van der Waals surface area contributed by atoms with Crippen LogP contribution in [0.25, 0.3) is 0 Å². The second-order valence-corrected chi connectivity index (χ2v) is 6.95. The molecule has 3 rings (SSSR count). The fourth-order valence-corrected chi connectivity index (χ4v) is 3.13. The number of rotatable bonds is 4. The van der Waals surface area contributed by atoms with Gasteiger partial charge in [-0.15, -0.1) is 0 Å². The normalized spacial score (nSPS) is 20.6. The second kappa shape index (κ2) is 6.90. The molecule has 1 atom stereocenters. The van der Waals surface area contributed by atoms with Crippen molar-refractivity contribution in [3.8, 4) is 5.75 Å². The highest BCUT2D eigenvalue weighted by atomic mass is 16.5. The van der Waals surface area contributed by atoms with Gasteiger partial charge >= 0.3 is 6.03 Å². The summed E-state index contributed by atoms with van der Waals surface area (Å²) in [5.41, 5.74) is -0.420. The van der Waals surface area contributed by atoms with Crippen molar-refractivity contribution >= 4 is 29.4 Å². The highest BCUT2D eigenvalue weighted by Crippen LogP contribution is 2.33. The summed E-state index contributed by atoms with van der Waals surface area (Å²) in [5.74, 6) is -0.573. The van der Waals surface area contributed by atoms with Crippen LogP contribution in [0.4, 0.5) is 10.5 Å². The summed E-state index contributed by atoms with van der Waals surface area (Å²) in [7, 11) is 1.50. The Balaban J connectivity index is 1.75. The Labute approximate surface area is 156 Å². The Morgan fingerprint density at radius 2 is 2.00 bits per heavy atom. The van der Waals surface area contributed by atoms with E-state index in [1.807, 2.05) is 0 Å². The number of para-hydroxylation sites is 2. The number of hydrogen-bond acceptors (Lipinski definition) is 5. The Morgan fingerprint density at radius 3 is 2.63 bits per heavy atom. The zero-order valence-electron chi connectivity index (χ0n) is 15.4. The lowest BCUT2D eigenvalue weighted by Crippen LogP contribution is -2.50. The molecule has 5 amide bonds. The lowest BCUT2D eigenvalue weighted by atomic mass is 10.1. The van der Waals surface area contributed by atoms with Crippen molar-refractivity contribution in [1.29, 1.82) is 0 Å². The van der Waals surface area contributed by atoms with Gasteiger partial charge in [0.25, 0.3) is 11.8 Å². The smallest absolute Gasteiger partial charge is 0.325 e. The van der Waals surface area contributed by atoms with E-state index in [1.165, 1.54) is 11.9 Å². The molecule has 0 aromatic heterocycles. The summed E-state index contributed by atoms with van der Waals surface area (Å²) in [5, 5.41) is 5.10. The molecule has 2 aliphatic rings. The van der Waals surface area contributed by atoms with Crippen molar-refractivity contribution in [3.63, 3.8) is 0 Å². The number of nitrogens with one attached hydrogen (secondary N) is 2. The highest BCUT2D eigenvalue weighted by Gasteiger charge is 2.44. The molecule has 0 bridgehead atoms. The molecular weight excluding hydrogens is 352 g/mol. The van der Waals surface area contributed by atoms with E-state index in [1.54, 1.807) is 38.1 Å². The fraction of sp³-hybridized carbons (Fsp3) is 0.444. The van der Waals surface area contributed by atoms with E-state index in [0.717, 1.165) is 4.90 Å². The average Bonchev–Trinajstić information content (AvgIpc) is 2.85. The summed E-state index contributed by atoms with van der Waals surface area (Å²) in [4.78, 5) is 51.5. The molecule has 1 saturated heterocycles. The molecule has 0 radical (unpaired) electrons. The summed E-state index contributed by atoms with van der Waals surface area (Å²) in [6.45, 7) is 3.25. The first-order chi connectivity index (χ1) is 12.7. The molecule has 9 heteroatoms. The quantitative estimate of drug-likeness (QED) is 0.735. The molecule has 2 N–H and O–H groups in total. The van der Waals surface area contributed by atoms with Gasteiger partial charge in [-0.1, -0.05) is 12.1 Å². The molecule has 0 spiro atoms. The van der Waals surface area contributed by atoms with Crippen molar-refractivity contribution in [2.24, 2.45) is 0 Å². The van der Waals surface area contributed by atoms with Crippen molar-refractivity contribution in [1.82, 2.24) is 15.5 Å². The van der Waals surface area contributed by atoms with Gasteiger partial charge < -0.3 is 20.3 Å². The minimum absolute atomic E-state index is 0.0307. The van der Waals surface area contributed by atoms with E-state index in [0.29, 0.717) is 11.4 Å². The van der Waals surface area contributed by atoms with Gasteiger partial charge in [0.2, 0.25) is 5.91 Å². The predicted octanol–water partition coefficient (Wildman–Crippen LogP) is 0.247. The minimum atomic E-state index is -0.976. The number of fused-ring (bicyclic) bond motifs is 1. The van der Waals surface area contributed by atoms with E-state index in [9.17, 15) is 19.2 Å². The third-order valence-corrected chi connectivity index (χ3v) is 4.61. The van der Waals surface area contributed by atoms with Gasteiger partial charge in [0.15, 0.2) is 6.10 Å². The van der Waals surface area contributed by atoms with Crippen LogP contribution in [-0.4, -0.2) is 60.4 Å². The zero-order valence-corrected chi connectivity index (χ0v) is 15.4. The molecule has 0 aliphatic carbocycles. The Kier molecular flexibility index (Phi) is 4.77. The summed E-state index contributed by atoms with van der Waals surface area (Å²) in [6, 6.07) is 6.42. The van der Waals surface area contributed by atoms with Gasteiger partial charge in [0.05, 0.1) is 12.2 Å². The monoisotopic (exact) mass is 374 g/mol. The van der Waals surface area contributed by atoms with E-state index in [-0.39, 0.29) is 37.2 Å². The number of hydrogen-bond donors (Lipinski definition) is 2. The van der Waals surface area contributed by atoms with Crippen molar-refractivity contribution in [2.75, 3.05) is 25.0 Å². The van der Waals surface area contributed by atoms with Crippen LogP contribution >= 0.6 is 0 Å². The fourth-order valence-electron chi connectivity index (χ4n) is 3.13. The number of benzene rings is 1. The number of amides is 5. The number of carbonyl (C=O) groups is 4. The first-order valence-corrected chi connectivity index (χ1v) is 8.66. The van der Waals surface area contributed by atoms with Crippen LogP contribution in [0.2, 0.25) is 0 Å². The van der Waals surface area contributed by atoms with Crippen LogP contribution < -0.4 is 20.3 Å². The molecule has 0 saturated carbocycles. The Bertz CT molecular complexity index is 807. The van der Waals surface area contributed by atoms with Gasteiger partial charge in [0, 0.05) is 20.0 Å². The first-order valence-electron chi connectivity index (χ1n) is 8.66. The second-order valence-electron chi connectivity index (χ2n) is 6.95. The molecule has 27 heavy (non-hydrogen) atoms. The number of nitrogens with zero attached hydrogens (tertiary/aromatic N) is 2. The standard InChI is InChI=1S/C18H22N4O5/c1-18(2)16(25)21(17(26)20-18)9-8-14(23)22-10-13(15(24)19-3)27-12-7-5-4-6-11(12)22/h4-7,13H,8-10H2,1-3H3,(H,19,24)(H,20,26)/t13-/m0/s1. The maximum atomic E-state index is 12.8. The lowest BCUT2D eigenvalue weighted by Gasteiger charge is -2.34. The van der Waals surface area contributed by atoms with Crippen molar-refractivity contribution in [2.45, 2.75) is 31.9 Å². The predicted molar refractivity (Wildman–Crippen MR) is 96.2 cm³/mol. The summed E-state index contributed by atoms with van der Waals surface area (Å²) >= 11 is 0. The number of anilines is 1. The van der Waals surface area contributed by atoms with E-state index < -0.39 is 17.7 Å². The largest absolute Gasteiger partial charge is 0.477 e. The Hall–Kier alpha value is -3.10. The minimum Gasteiger partial charge on any atom is -0.477 e. The summed E-state index contributed by atoms with van der Waals surface area (Å²) in [6.07, 6.45) is -0.881. The number of urea groups is 1. The van der Waals surface area contributed by atoms with Crippen LogP contribution in [0.1, 0.15) is 20.3 Å². The first kappa shape index (κ1) is 18.7. The van der Waals surface area contributed by atoms with Crippen LogP contribution in [0.3, 0.4) is 0 Å². The van der Waals surface area contributed by atoms with Crippen LogP contribution in [-0.2, 0) is 14.4 Å². The molecule has 1 fully saturated rings. The van der Waals surface area contributed by atoms with E-state index >= 15 is 0 Å². The van der Waals surface area contributed by atoms with Gasteiger partial charge in [-0.05, 0) is 26.0 Å².